The third kappa shape index (κ3) is 2.51. The molecule has 0 aliphatic rings. The van der Waals surface area contributed by atoms with Crippen molar-refractivity contribution in [3.63, 3.8) is 0 Å². The third-order valence-electron chi connectivity index (χ3n) is 1.16. The molecule has 1 aromatic rings. The van der Waals surface area contributed by atoms with Crippen LogP contribution < -0.4 is 4.83 Å². The molecule has 4 heteroatoms. The molecule has 0 aromatic heterocycles. The Hall–Kier alpha value is -1.16. The van der Waals surface area contributed by atoms with Gasteiger partial charge in [0, 0.05) is 0 Å². The van der Waals surface area contributed by atoms with Gasteiger partial charge in [0.1, 0.15) is 5.75 Å². The van der Waals surface area contributed by atoms with E-state index in [-0.39, 0.29) is 5.75 Å². The first-order chi connectivity index (χ1) is 5.33. The van der Waals surface area contributed by atoms with Crippen molar-refractivity contribution in [1.29, 1.82) is 0 Å². The van der Waals surface area contributed by atoms with Crippen LogP contribution in [0.5, 0.6) is 5.75 Å². The van der Waals surface area contributed by atoms with Crippen LogP contribution in [0.1, 0.15) is 5.56 Å². The zero-order chi connectivity index (χ0) is 8.10. The van der Waals surface area contributed by atoms with Gasteiger partial charge < -0.3 is 5.11 Å². The fourth-order valence-electron chi connectivity index (χ4n) is 0.664. The number of phenols is 1. The van der Waals surface area contributed by atoms with E-state index in [1.165, 1.54) is 0 Å². The largest absolute Gasteiger partial charge is 0.508 e. The Morgan fingerprint density at radius 3 is 2.55 bits per heavy atom. The SMILES string of the molecule is Oc1ccc(C=NNS)cc1. The molecule has 0 heterocycles. The van der Waals surface area contributed by atoms with Crippen molar-refractivity contribution in [1.82, 2.24) is 4.83 Å². The average Bonchev–Trinajstić information content (AvgIpc) is 2.04. The topological polar surface area (TPSA) is 44.6 Å². The molecule has 0 atom stereocenters. The van der Waals surface area contributed by atoms with Crippen molar-refractivity contribution in [3.05, 3.63) is 29.8 Å². The van der Waals surface area contributed by atoms with Gasteiger partial charge in [0.25, 0.3) is 0 Å². The molecule has 0 fully saturated rings. The quantitative estimate of drug-likeness (QED) is 0.352. The summed E-state index contributed by atoms with van der Waals surface area (Å²) in [5.41, 5.74) is 0.907. The number of aromatic hydroxyl groups is 1. The lowest BCUT2D eigenvalue weighted by molar-refractivity contribution is 0.475. The first-order valence-corrected chi connectivity index (χ1v) is 3.49. The van der Waals surface area contributed by atoms with E-state index >= 15 is 0 Å². The Morgan fingerprint density at radius 1 is 1.36 bits per heavy atom. The van der Waals surface area contributed by atoms with E-state index in [9.17, 15) is 0 Å². The van der Waals surface area contributed by atoms with Crippen molar-refractivity contribution >= 4 is 19.0 Å². The van der Waals surface area contributed by atoms with Crippen molar-refractivity contribution in [3.8, 4) is 5.75 Å². The molecule has 58 valence electrons. The second-order valence-corrected chi connectivity index (χ2v) is 2.15. The lowest BCUT2D eigenvalue weighted by atomic mass is 10.2. The summed E-state index contributed by atoms with van der Waals surface area (Å²) in [6.45, 7) is 0. The highest BCUT2D eigenvalue weighted by molar-refractivity contribution is 7.78. The molecule has 0 amide bonds. The van der Waals surface area contributed by atoms with Crippen LogP contribution in [-0.4, -0.2) is 11.3 Å². The second-order valence-electron chi connectivity index (χ2n) is 1.95. The molecule has 1 aromatic carbocycles. The summed E-state index contributed by atoms with van der Waals surface area (Å²) < 4.78 is 0. The minimum Gasteiger partial charge on any atom is -0.508 e. The Bertz CT molecular complexity index is 245. The maximum Gasteiger partial charge on any atom is 0.115 e. The number of phenolic OH excluding ortho intramolecular Hbond substituents is 1. The van der Waals surface area contributed by atoms with E-state index in [0.29, 0.717) is 0 Å². The Balaban J connectivity index is 2.73. The van der Waals surface area contributed by atoms with E-state index in [0.717, 1.165) is 5.56 Å². The Kier molecular flexibility index (Phi) is 2.80. The minimum absolute atomic E-state index is 0.251. The molecular weight excluding hydrogens is 160 g/mol. The monoisotopic (exact) mass is 168 g/mol. The molecule has 0 unspecified atom stereocenters. The summed E-state index contributed by atoms with van der Waals surface area (Å²) in [6, 6.07) is 6.70. The number of benzene rings is 1. The maximum absolute atomic E-state index is 8.91. The first-order valence-electron chi connectivity index (χ1n) is 3.04. The zero-order valence-corrected chi connectivity index (χ0v) is 6.62. The highest BCUT2D eigenvalue weighted by atomic mass is 32.1. The highest BCUT2D eigenvalue weighted by Gasteiger charge is 1.86. The molecule has 0 spiro atoms. The fourth-order valence-corrected chi connectivity index (χ4v) is 0.722. The molecule has 2 N–H and O–H groups in total. The van der Waals surface area contributed by atoms with Gasteiger partial charge in [-0.15, -0.1) is 0 Å². The molecule has 0 bridgehead atoms. The Morgan fingerprint density at radius 2 is 2.00 bits per heavy atom. The van der Waals surface area contributed by atoms with Crippen LogP contribution in [0.4, 0.5) is 0 Å². The summed E-state index contributed by atoms with van der Waals surface area (Å²) in [5.74, 6) is 0.251. The smallest absolute Gasteiger partial charge is 0.115 e. The van der Waals surface area contributed by atoms with Gasteiger partial charge in [-0.1, -0.05) is 12.8 Å². The molecule has 0 aliphatic carbocycles. The standard InChI is InChI=1S/C7H8N2OS/c10-7-3-1-6(2-4-7)5-8-9-11/h1-5,9-11H. The molecule has 0 radical (unpaired) electrons. The van der Waals surface area contributed by atoms with E-state index in [1.54, 1.807) is 30.5 Å². The van der Waals surface area contributed by atoms with Crippen LogP contribution in [0, 0.1) is 0 Å². The maximum atomic E-state index is 8.91. The van der Waals surface area contributed by atoms with E-state index in [2.05, 4.69) is 22.7 Å². The summed E-state index contributed by atoms with van der Waals surface area (Å²) >= 11 is 3.67. The number of rotatable bonds is 2. The molecule has 0 aliphatic heterocycles. The molecule has 11 heavy (non-hydrogen) atoms. The first kappa shape index (κ1) is 7.94. The van der Waals surface area contributed by atoms with Gasteiger partial charge in [0.2, 0.25) is 0 Å². The van der Waals surface area contributed by atoms with Gasteiger partial charge in [-0.2, -0.15) is 5.10 Å². The number of nitrogens with one attached hydrogen (secondary N) is 1. The van der Waals surface area contributed by atoms with Gasteiger partial charge in [0.05, 0.1) is 6.21 Å². The second kappa shape index (κ2) is 3.88. The number of hydrogen-bond donors (Lipinski definition) is 3. The van der Waals surface area contributed by atoms with Crippen LogP contribution in [0.3, 0.4) is 0 Å². The molecule has 3 nitrogen and oxygen atoms in total. The van der Waals surface area contributed by atoms with Crippen molar-refractivity contribution in [2.75, 3.05) is 0 Å². The van der Waals surface area contributed by atoms with Crippen LogP contribution in [0.2, 0.25) is 0 Å². The fraction of sp³-hybridized carbons (Fsp3) is 0. The molecule has 1 rings (SSSR count). The summed E-state index contributed by atoms with van der Waals surface area (Å²) in [4.78, 5) is 2.33. The number of hydrazone groups is 1. The summed E-state index contributed by atoms with van der Waals surface area (Å²) in [7, 11) is 0. The molecular formula is C7H8N2OS. The molecule has 0 saturated heterocycles. The predicted octanol–water partition coefficient (Wildman–Crippen LogP) is 1.16. The summed E-state index contributed by atoms with van der Waals surface area (Å²) in [6.07, 6.45) is 1.60. The van der Waals surface area contributed by atoms with Gasteiger partial charge in [-0.25, -0.2) is 0 Å². The summed E-state index contributed by atoms with van der Waals surface area (Å²) in [5, 5.41) is 12.6. The van der Waals surface area contributed by atoms with Crippen LogP contribution in [-0.2, 0) is 0 Å². The number of thiol groups is 1. The van der Waals surface area contributed by atoms with Gasteiger partial charge in [-0.3, -0.25) is 4.83 Å². The van der Waals surface area contributed by atoms with Crippen LogP contribution in [0.25, 0.3) is 0 Å². The lowest BCUT2D eigenvalue weighted by Gasteiger charge is -1.92. The lowest BCUT2D eigenvalue weighted by Crippen LogP contribution is -1.86. The van der Waals surface area contributed by atoms with Crippen molar-refractivity contribution < 1.29 is 5.11 Å². The highest BCUT2D eigenvalue weighted by Crippen LogP contribution is 2.07. The Labute approximate surface area is 70.3 Å². The number of nitrogens with zero attached hydrogens (tertiary/aromatic N) is 1. The van der Waals surface area contributed by atoms with Crippen molar-refractivity contribution in [2.45, 2.75) is 0 Å². The van der Waals surface area contributed by atoms with E-state index in [1.807, 2.05) is 0 Å². The zero-order valence-electron chi connectivity index (χ0n) is 5.73. The predicted molar refractivity (Wildman–Crippen MR) is 47.8 cm³/mol. The minimum atomic E-state index is 0.251. The average molecular weight is 168 g/mol. The van der Waals surface area contributed by atoms with Gasteiger partial charge >= 0.3 is 0 Å². The molecule has 0 saturated carbocycles. The van der Waals surface area contributed by atoms with E-state index < -0.39 is 0 Å². The normalized spacial score (nSPS) is 10.3. The van der Waals surface area contributed by atoms with Crippen LogP contribution >= 0.6 is 12.8 Å². The van der Waals surface area contributed by atoms with Gasteiger partial charge in [-0.05, 0) is 29.8 Å². The van der Waals surface area contributed by atoms with Crippen LogP contribution in [0.15, 0.2) is 29.4 Å². The van der Waals surface area contributed by atoms with Crippen molar-refractivity contribution in [2.24, 2.45) is 5.10 Å². The number of hydrogen-bond acceptors (Lipinski definition) is 4. The van der Waals surface area contributed by atoms with Gasteiger partial charge in [0.15, 0.2) is 0 Å². The van der Waals surface area contributed by atoms with E-state index in [4.69, 9.17) is 5.11 Å². The third-order valence-corrected chi connectivity index (χ3v) is 1.28.